The first-order chi connectivity index (χ1) is 17.1. The fourth-order valence-corrected chi connectivity index (χ4v) is 4.55. The van der Waals surface area contributed by atoms with Crippen LogP contribution in [-0.4, -0.2) is 74.7 Å². The molecule has 2 aromatic heterocycles. The highest BCUT2D eigenvalue weighted by Gasteiger charge is 2.35. The Balaban J connectivity index is 1.06. The van der Waals surface area contributed by atoms with Crippen LogP contribution in [0.3, 0.4) is 0 Å². The molecule has 182 valence electrons. The number of carbonyl (C=O) groups is 1. The molecule has 10 nitrogen and oxygen atoms in total. The van der Waals surface area contributed by atoms with Crippen molar-refractivity contribution in [2.24, 2.45) is 0 Å². The van der Waals surface area contributed by atoms with E-state index in [9.17, 15) is 9.18 Å². The fourth-order valence-electron chi connectivity index (χ4n) is 4.55. The first-order valence-corrected chi connectivity index (χ1v) is 11.4. The van der Waals surface area contributed by atoms with Gasteiger partial charge in [0.05, 0.1) is 31.1 Å². The number of benzene rings is 1. The minimum Gasteiger partial charge on any atom is -0.486 e. The first kappa shape index (κ1) is 21.7. The van der Waals surface area contributed by atoms with E-state index in [4.69, 9.17) is 18.9 Å². The van der Waals surface area contributed by atoms with Gasteiger partial charge in [0, 0.05) is 37.8 Å². The molecule has 3 aromatic rings. The third-order valence-corrected chi connectivity index (χ3v) is 6.37. The number of hydrogen-bond acceptors (Lipinski definition) is 9. The lowest BCUT2D eigenvalue weighted by Crippen LogP contribution is -2.59. The van der Waals surface area contributed by atoms with Crippen LogP contribution in [0.15, 0.2) is 36.5 Å². The lowest BCUT2D eigenvalue weighted by atomic mass is 10.1. The highest BCUT2D eigenvalue weighted by atomic mass is 19.1. The second-order valence-corrected chi connectivity index (χ2v) is 8.63. The van der Waals surface area contributed by atoms with Crippen molar-refractivity contribution in [3.8, 4) is 17.4 Å². The van der Waals surface area contributed by atoms with Crippen molar-refractivity contribution in [1.82, 2.24) is 15.3 Å². The molecule has 3 aliphatic rings. The number of nitrogens with zero attached hydrogens (tertiary/aromatic N) is 4. The molecular weight excluding hydrogens is 457 g/mol. The molecule has 0 aliphatic carbocycles. The number of aromatic nitrogens is 2. The summed E-state index contributed by atoms with van der Waals surface area (Å²) < 4.78 is 36.6. The summed E-state index contributed by atoms with van der Waals surface area (Å²) >= 11 is 0. The Morgan fingerprint density at radius 2 is 1.97 bits per heavy atom. The molecule has 0 bridgehead atoms. The van der Waals surface area contributed by atoms with Crippen molar-refractivity contribution >= 4 is 28.5 Å². The monoisotopic (exact) mass is 481 g/mol. The minimum absolute atomic E-state index is 0.130. The maximum atomic E-state index is 14.7. The number of pyridine rings is 2. The molecule has 1 amide bonds. The molecule has 1 aromatic carbocycles. The third kappa shape index (κ3) is 4.01. The number of carbonyl (C=O) groups excluding carboxylic acids is 1. The number of ether oxygens (including phenoxy) is 4. The lowest BCUT2D eigenvalue weighted by Gasteiger charge is -2.42. The molecule has 5 heterocycles. The van der Waals surface area contributed by atoms with Crippen molar-refractivity contribution in [1.29, 1.82) is 0 Å². The minimum atomic E-state index is -0.420. The predicted octanol–water partition coefficient (Wildman–Crippen LogP) is 2.35. The van der Waals surface area contributed by atoms with Crippen molar-refractivity contribution in [2.75, 3.05) is 56.3 Å². The summed E-state index contributed by atoms with van der Waals surface area (Å²) in [7, 11) is 1.52. The van der Waals surface area contributed by atoms with Crippen LogP contribution in [0.5, 0.6) is 17.4 Å². The largest absolute Gasteiger partial charge is 0.486 e. The smallest absolute Gasteiger partial charge is 0.414 e. The summed E-state index contributed by atoms with van der Waals surface area (Å²) in [5, 5.41) is 3.42. The van der Waals surface area contributed by atoms with Gasteiger partial charge in [-0.2, -0.15) is 0 Å². The quantitative estimate of drug-likeness (QED) is 0.569. The van der Waals surface area contributed by atoms with Crippen LogP contribution < -0.4 is 29.3 Å². The van der Waals surface area contributed by atoms with Crippen LogP contribution >= 0.6 is 0 Å². The van der Waals surface area contributed by atoms with E-state index < -0.39 is 11.9 Å². The van der Waals surface area contributed by atoms with Crippen LogP contribution in [0.4, 0.5) is 20.6 Å². The molecule has 1 unspecified atom stereocenters. The number of fused-ring (bicyclic) bond motifs is 2. The van der Waals surface area contributed by atoms with E-state index in [1.165, 1.54) is 13.3 Å². The van der Waals surface area contributed by atoms with Gasteiger partial charge < -0.3 is 29.2 Å². The fraction of sp³-hybridized carbons (Fsp3) is 0.375. The molecule has 35 heavy (non-hydrogen) atoms. The standard InChI is InChI=1S/C24H24FN5O5/c1-32-21-5-3-18-22(28-21)23(17(25)10-27-18)29-11-14(12-29)26-9-16-13-30(24(31)35-16)15-2-4-19-20(8-15)34-7-6-33-19/h2-5,8,10,14,16,26H,6-7,9,11-13H2,1H3. The van der Waals surface area contributed by atoms with E-state index >= 15 is 0 Å². The Morgan fingerprint density at radius 3 is 2.80 bits per heavy atom. The zero-order valence-electron chi connectivity index (χ0n) is 19.1. The zero-order valence-corrected chi connectivity index (χ0v) is 19.1. The van der Waals surface area contributed by atoms with E-state index in [1.54, 1.807) is 29.2 Å². The lowest BCUT2D eigenvalue weighted by molar-refractivity contribution is 0.137. The van der Waals surface area contributed by atoms with Crippen LogP contribution in [0.2, 0.25) is 0 Å². The Labute approximate surface area is 200 Å². The van der Waals surface area contributed by atoms with Gasteiger partial charge in [0.25, 0.3) is 0 Å². The second kappa shape index (κ2) is 8.73. The Morgan fingerprint density at radius 1 is 1.14 bits per heavy atom. The predicted molar refractivity (Wildman–Crippen MR) is 125 cm³/mol. The first-order valence-electron chi connectivity index (χ1n) is 11.4. The average Bonchev–Trinajstić information content (AvgIpc) is 3.23. The van der Waals surface area contributed by atoms with Gasteiger partial charge >= 0.3 is 6.09 Å². The number of rotatable bonds is 6. The summed E-state index contributed by atoms with van der Waals surface area (Å²) in [5.74, 6) is 1.29. The normalized spacial score (nSPS) is 19.6. The van der Waals surface area contributed by atoms with E-state index in [2.05, 4.69) is 15.3 Å². The molecule has 2 saturated heterocycles. The second-order valence-electron chi connectivity index (χ2n) is 8.63. The number of halogens is 1. The topological polar surface area (TPSA) is 98.3 Å². The van der Waals surface area contributed by atoms with Crippen LogP contribution in [0.1, 0.15) is 0 Å². The van der Waals surface area contributed by atoms with Gasteiger partial charge in [0.15, 0.2) is 17.3 Å². The van der Waals surface area contributed by atoms with Crippen molar-refractivity contribution in [3.63, 3.8) is 0 Å². The third-order valence-electron chi connectivity index (χ3n) is 6.37. The van der Waals surface area contributed by atoms with E-state index in [-0.39, 0.29) is 12.1 Å². The van der Waals surface area contributed by atoms with Gasteiger partial charge in [0.1, 0.15) is 30.5 Å². The summed E-state index contributed by atoms with van der Waals surface area (Å²) in [4.78, 5) is 24.5. The van der Waals surface area contributed by atoms with Crippen LogP contribution in [0, 0.1) is 5.82 Å². The molecule has 0 spiro atoms. The summed E-state index contributed by atoms with van der Waals surface area (Å²) in [5.41, 5.74) is 2.21. The molecule has 11 heteroatoms. The number of cyclic esters (lactones) is 1. The van der Waals surface area contributed by atoms with Crippen molar-refractivity contribution < 1.29 is 28.1 Å². The number of methoxy groups -OCH3 is 1. The van der Waals surface area contributed by atoms with Gasteiger partial charge in [-0.3, -0.25) is 9.88 Å². The zero-order chi connectivity index (χ0) is 23.9. The molecule has 3 aliphatic heterocycles. The van der Waals surface area contributed by atoms with Crippen molar-refractivity contribution in [3.05, 3.63) is 42.3 Å². The highest BCUT2D eigenvalue weighted by Crippen LogP contribution is 2.35. The van der Waals surface area contributed by atoms with Crippen molar-refractivity contribution in [2.45, 2.75) is 12.1 Å². The van der Waals surface area contributed by atoms with Crippen LogP contribution in [0.25, 0.3) is 11.0 Å². The number of nitrogens with one attached hydrogen (secondary N) is 1. The SMILES string of the molecule is COc1ccc2ncc(F)c(N3CC(NCC4CN(c5ccc6c(c5)OCCO6)C(=O)O4)C3)c2n1. The molecule has 2 fully saturated rings. The summed E-state index contributed by atoms with van der Waals surface area (Å²) in [6.07, 6.45) is 0.528. The number of hydrogen-bond donors (Lipinski definition) is 1. The molecular formula is C24H24FN5O5. The number of anilines is 2. The van der Waals surface area contributed by atoms with Gasteiger partial charge in [-0.25, -0.2) is 14.2 Å². The highest BCUT2D eigenvalue weighted by molar-refractivity contribution is 5.90. The van der Waals surface area contributed by atoms with Crippen LogP contribution in [-0.2, 0) is 4.74 Å². The molecule has 0 radical (unpaired) electrons. The molecule has 6 rings (SSSR count). The summed E-state index contributed by atoms with van der Waals surface area (Å²) in [6.45, 7) is 3.11. The van der Waals surface area contributed by atoms with E-state index in [0.717, 1.165) is 0 Å². The number of amides is 1. The van der Waals surface area contributed by atoms with Gasteiger partial charge in [-0.15, -0.1) is 0 Å². The average molecular weight is 481 g/mol. The van der Waals surface area contributed by atoms with Gasteiger partial charge in [0.2, 0.25) is 5.88 Å². The maximum Gasteiger partial charge on any atom is 0.414 e. The molecule has 1 atom stereocenters. The maximum absolute atomic E-state index is 14.7. The van der Waals surface area contributed by atoms with E-state index in [1.807, 2.05) is 11.0 Å². The van der Waals surface area contributed by atoms with E-state index in [0.29, 0.717) is 79.2 Å². The molecule has 1 N–H and O–H groups in total. The molecule has 0 saturated carbocycles. The van der Waals surface area contributed by atoms with Gasteiger partial charge in [-0.05, 0) is 18.2 Å². The summed E-state index contributed by atoms with van der Waals surface area (Å²) in [6, 6.07) is 9.02. The van der Waals surface area contributed by atoms with Gasteiger partial charge in [-0.1, -0.05) is 0 Å². The Kier molecular flexibility index (Phi) is 5.40. The Bertz CT molecular complexity index is 1280. The Hall–Kier alpha value is -3.86.